The summed E-state index contributed by atoms with van der Waals surface area (Å²) in [5.41, 5.74) is 5.52. The van der Waals surface area contributed by atoms with Gasteiger partial charge in [0.25, 0.3) is 0 Å². The summed E-state index contributed by atoms with van der Waals surface area (Å²) in [5, 5.41) is 8.85. The Balaban J connectivity index is 3.07. The maximum atomic E-state index is 8.85. The fourth-order valence-corrected chi connectivity index (χ4v) is 1.45. The molecule has 0 aliphatic rings. The zero-order valence-corrected chi connectivity index (χ0v) is 9.16. The molecule has 1 aromatic rings. The molecular formula is C10H11BrN2O. The van der Waals surface area contributed by atoms with Gasteiger partial charge in [-0.3, -0.25) is 0 Å². The van der Waals surface area contributed by atoms with Crippen molar-refractivity contribution in [1.29, 1.82) is 0 Å². The third-order valence-corrected chi connectivity index (χ3v) is 2.38. The number of aromatic nitrogens is 1. The van der Waals surface area contributed by atoms with E-state index in [1.807, 2.05) is 6.07 Å². The van der Waals surface area contributed by atoms with Crippen LogP contribution in [0.3, 0.4) is 0 Å². The van der Waals surface area contributed by atoms with E-state index in [0.29, 0.717) is 16.7 Å². The lowest BCUT2D eigenvalue weighted by atomic mass is 9.93. The fourth-order valence-electron chi connectivity index (χ4n) is 1.11. The Bertz CT molecular complexity index is 361. The van der Waals surface area contributed by atoms with Crippen molar-refractivity contribution in [3.63, 3.8) is 0 Å². The van der Waals surface area contributed by atoms with E-state index in [9.17, 15) is 0 Å². The summed E-state index contributed by atoms with van der Waals surface area (Å²) < 4.78 is 0.679. The van der Waals surface area contributed by atoms with Gasteiger partial charge in [0.1, 0.15) is 10.1 Å². The molecule has 14 heavy (non-hydrogen) atoms. The molecule has 0 aliphatic carbocycles. The molecule has 1 rings (SSSR count). The standard InChI is InChI=1S/C10H11BrN2O/c1-2-10(12,6-7-14)8-4-3-5-9(11)13-8/h1,3-5,14H,6-7,12H2/t10-/m0/s1. The molecule has 0 saturated heterocycles. The normalized spacial score (nSPS) is 14.4. The first-order chi connectivity index (χ1) is 6.62. The van der Waals surface area contributed by atoms with Crippen LogP contribution in [0, 0.1) is 12.3 Å². The molecule has 0 bridgehead atoms. The Kier molecular flexibility index (Phi) is 3.64. The van der Waals surface area contributed by atoms with Gasteiger partial charge in [-0.15, -0.1) is 6.42 Å². The molecule has 4 heteroatoms. The summed E-state index contributed by atoms with van der Waals surface area (Å²) >= 11 is 3.24. The van der Waals surface area contributed by atoms with Crippen LogP contribution < -0.4 is 5.73 Å². The van der Waals surface area contributed by atoms with Crippen molar-refractivity contribution in [1.82, 2.24) is 4.98 Å². The van der Waals surface area contributed by atoms with E-state index in [-0.39, 0.29) is 6.61 Å². The molecule has 1 aromatic heterocycles. The number of hydrogen-bond donors (Lipinski definition) is 2. The average Bonchev–Trinajstić information content (AvgIpc) is 2.18. The van der Waals surface area contributed by atoms with Crippen molar-refractivity contribution in [3.8, 4) is 12.3 Å². The summed E-state index contributed by atoms with van der Waals surface area (Å²) in [6.45, 7) is -0.0606. The third-order valence-electron chi connectivity index (χ3n) is 1.94. The van der Waals surface area contributed by atoms with Gasteiger partial charge in [-0.05, 0) is 28.1 Å². The van der Waals surface area contributed by atoms with Gasteiger partial charge in [0.2, 0.25) is 0 Å². The van der Waals surface area contributed by atoms with Crippen molar-refractivity contribution in [2.45, 2.75) is 12.0 Å². The van der Waals surface area contributed by atoms with Gasteiger partial charge in [0.05, 0.1) is 5.69 Å². The molecule has 0 aromatic carbocycles. The Morgan fingerprint density at radius 3 is 2.86 bits per heavy atom. The number of halogens is 1. The molecule has 3 N–H and O–H groups in total. The lowest BCUT2D eigenvalue weighted by Gasteiger charge is -2.21. The highest BCUT2D eigenvalue weighted by Gasteiger charge is 2.25. The van der Waals surface area contributed by atoms with Gasteiger partial charge in [-0.2, -0.15) is 0 Å². The summed E-state index contributed by atoms with van der Waals surface area (Å²) in [6, 6.07) is 5.35. The molecule has 1 atom stereocenters. The molecule has 74 valence electrons. The number of pyridine rings is 1. The van der Waals surface area contributed by atoms with Crippen molar-refractivity contribution in [2.75, 3.05) is 6.61 Å². The number of hydrogen-bond acceptors (Lipinski definition) is 3. The first-order valence-corrected chi connectivity index (χ1v) is 4.92. The van der Waals surface area contributed by atoms with Crippen LogP contribution in [0.5, 0.6) is 0 Å². The molecular weight excluding hydrogens is 244 g/mol. The summed E-state index contributed by atoms with van der Waals surface area (Å²) in [5.74, 6) is 2.46. The number of nitrogens with two attached hydrogens (primary N) is 1. The second-order valence-corrected chi connectivity index (χ2v) is 3.75. The molecule has 0 amide bonds. The molecule has 0 aliphatic heterocycles. The smallest absolute Gasteiger partial charge is 0.122 e. The average molecular weight is 255 g/mol. The number of terminal acetylenes is 1. The van der Waals surface area contributed by atoms with Gasteiger partial charge < -0.3 is 10.8 Å². The minimum atomic E-state index is -0.988. The topological polar surface area (TPSA) is 59.1 Å². The summed E-state index contributed by atoms with van der Waals surface area (Å²) in [7, 11) is 0. The Hall–Kier alpha value is -0.890. The van der Waals surface area contributed by atoms with E-state index < -0.39 is 5.54 Å². The van der Waals surface area contributed by atoms with Crippen LogP contribution in [0.1, 0.15) is 12.1 Å². The predicted octanol–water partition coefficient (Wildman–Crippen LogP) is 1.01. The van der Waals surface area contributed by atoms with Crippen molar-refractivity contribution < 1.29 is 5.11 Å². The lowest BCUT2D eigenvalue weighted by Crippen LogP contribution is -2.37. The lowest BCUT2D eigenvalue weighted by molar-refractivity contribution is 0.259. The largest absolute Gasteiger partial charge is 0.396 e. The van der Waals surface area contributed by atoms with Gasteiger partial charge in [0, 0.05) is 13.0 Å². The third kappa shape index (κ3) is 2.32. The molecule has 1 heterocycles. The minimum absolute atomic E-state index is 0.0606. The molecule has 0 fully saturated rings. The van der Waals surface area contributed by atoms with E-state index in [2.05, 4.69) is 26.8 Å². The van der Waals surface area contributed by atoms with Crippen molar-refractivity contribution in [2.24, 2.45) is 5.73 Å². The number of rotatable bonds is 3. The second kappa shape index (κ2) is 4.56. The van der Waals surface area contributed by atoms with Crippen LogP contribution in [0.15, 0.2) is 22.8 Å². The fraction of sp³-hybridized carbons (Fsp3) is 0.300. The van der Waals surface area contributed by atoms with Gasteiger partial charge in [-0.25, -0.2) is 4.98 Å². The number of nitrogens with zero attached hydrogens (tertiary/aromatic N) is 1. The van der Waals surface area contributed by atoms with Crippen LogP contribution in [0.2, 0.25) is 0 Å². The van der Waals surface area contributed by atoms with Crippen LogP contribution >= 0.6 is 15.9 Å². The van der Waals surface area contributed by atoms with Crippen molar-refractivity contribution in [3.05, 3.63) is 28.5 Å². The van der Waals surface area contributed by atoms with E-state index in [1.54, 1.807) is 12.1 Å². The van der Waals surface area contributed by atoms with Gasteiger partial charge in [-0.1, -0.05) is 12.0 Å². The quantitative estimate of drug-likeness (QED) is 0.626. The highest BCUT2D eigenvalue weighted by Crippen LogP contribution is 2.20. The second-order valence-electron chi connectivity index (χ2n) is 2.93. The monoisotopic (exact) mass is 254 g/mol. The van der Waals surface area contributed by atoms with Crippen molar-refractivity contribution >= 4 is 15.9 Å². The first-order valence-electron chi connectivity index (χ1n) is 4.13. The Morgan fingerprint density at radius 2 is 2.36 bits per heavy atom. The molecule has 0 unspecified atom stereocenters. The highest BCUT2D eigenvalue weighted by atomic mass is 79.9. The van der Waals surface area contributed by atoms with E-state index in [0.717, 1.165) is 0 Å². The highest BCUT2D eigenvalue weighted by molar-refractivity contribution is 9.10. The molecule has 3 nitrogen and oxygen atoms in total. The number of aliphatic hydroxyl groups excluding tert-OH is 1. The molecule has 0 saturated carbocycles. The number of aliphatic hydroxyl groups is 1. The molecule has 0 radical (unpaired) electrons. The summed E-state index contributed by atoms with van der Waals surface area (Å²) in [6.07, 6.45) is 5.63. The van der Waals surface area contributed by atoms with Crippen LogP contribution in [0.25, 0.3) is 0 Å². The summed E-state index contributed by atoms with van der Waals surface area (Å²) in [4.78, 5) is 4.17. The zero-order chi connectivity index (χ0) is 10.6. The SMILES string of the molecule is C#C[C@](N)(CCO)c1cccc(Br)n1. The van der Waals surface area contributed by atoms with Crippen LogP contribution in [-0.4, -0.2) is 16.7 Å². The Morgan fingerprint density at radius 1 is 1.64 bits per heavy atom. The molecule has 0 spiro atoms. The van der Waals surface area contributed by atoms with Gasteiger partial charge in [0.15, 0.2) is 0 Å². The van der Waals surface area contributed by atoms with E-state index >= 15 is 0 Å². The maximum Gasteiger partial charge on any atom is 0.122 e. The zero-order valence-electron chi connectivity index (χ0n) is 7.57. The first kappa shape index (κ1) is 11.2. The Labute approximate surface area is 91.5 Å². The minimum Gasteiger partial charge on any atom is -0.396 e. The predicted molar refractivity (Wildman–Crippen MR) is 58.3 cm³/mol. The maximum absolute atomic E-state index is 8.85. The van der Waals surface area contributed by atoms with Crippen LogP contribution in [-0.2, 0) is 5.54 Å². The van der Waals surface area contributed by atoms with E-state index in [4.69, 9.17) is 17.3 Å². The van der Waals surface area contributed by atoms with Gasteiger partial charge >= 0.3 is 0 Å². The van der Waals surface area contributed by atoms with E-state index in [1.165, 1.54) is 0 Å². The van der Waals surface area contributed by atoms with Crippen LogP contribution in [0.4, 0.5) is 0 Å².